The first-order valence-electron chi connectivity index (χ1n) is 6.87. The highest BCUT2D eigenvalue weighted by atomic mass is 15.4. The molecule has 1 heterocycles. The first-order chi connectivity index (χ1) is 10.2. The number of rotatable bonds is 7. The Bertz CT molecular complexity index is 557. The number of hydrazine groups is 1. The quantitative estimate of drug-likeness (QED) is 0.401. The van der Waals surface area contributed by atoms with Crippen LogP contribution in [0.1, 0.15) is 12.0 Å². The average molecular weight is 287 g/mol. The predicted molar refractivity (Wildman–Crippen MR) is 85.2 cm³/mol. The van der Waals surface area contributed by atoms with Gasteiger partial charge in [0.1, 0.15) is 0 Å². The van der Waals surface area contributed by atoms with Crippen LogP contribution in [0.25, 0.3) is 0 Å². The van der Waals surface area contributed by atoms with E-state index in [1.807, 2.05) is 20.2 Å². The lowest BCUT2D eigenvalue weighted by Crippen LogP contribution is -2.19. The lowest BCUT2D eigenvalue weighted by molar-refractivity contribution is 0.846. The van der Waals surface area contributed by atoms with Crippen LogP contribution in [0.5, 0.6) is 0 Å². The topological polar surface area (TPSA) is 92.0 Å². The maximum atomic E-state index is 5.37. The van der Waals surface area contributed by atoms with Gasteiger partial charge in [-0.15, -0.1) is 0 Å². The molecule has 1 aromatic carbocycles. The number of benzene rings is 1. The molecule has 0 saturated heterocycles. The summed E-state index contributed by atoms with van der Waals surface area (Å²) in [6.07, 6.45) is 2.01. The van der Waals surface area contributed by atoms with Gasteiger partial charge in [-0.3, -0.25) is 5.43 Å². The molecule has 0 fully saturated rings. The lowest BCUT2D eigenvalue weighted by Gasteiger charge is -2.13. The second kappa shape index (κ2) is 7.39. The van der Waals surface area contributed by atoms with Gasteiger partial charge in [0.25, 0.3) is 0 Å². The number of nitrogens with two attached hydrogens (primary N) is 1. The minimum atomic E-state index is 0.347. The summed E-state index contributed by atoms with van der Waals surface area (Å²) in [5, 5.41) is 3.20. The van der Waals surface area contributed by atoms with Gasteiger partial charge in [-0.1, -0.05) is 30.3 Å². The SMILES string of the molecule is CN(C)c1nc(NN)nc(NCCCc2ccccc2)n1. The Hall–Kier alpha value is -2.41. The van der Waals surface area contributed by atoms with Gasteiger partial charge in [-0.2, -0.15) is 15.0 Å². The molecule has 0 spiro atoms. The molecule has 0 aliphatic heterocycles. The molecule has 0 radical (unpaired) electrons. The van der Waals surface area contributed by atoms with Crippen molar-refractivity contribution in [1.29, 1.82) is 0 Å². The third kappa shape index (κ3) is 4.57. The predicted octanol–water partition coefficient (Wildman–Crippen LogP) is 1.27. The molecule has 0 amide bonds. The molecule has 0 aliphatic carbocycles. The molecule has 7 nitrogen and oxygen atoms in total. The number of aryl methyl sites for hydroxylation is 1. The monoisotopic (exact) mass is 287 g/mol. The van der Waals surface area contributed by atoms with Crippen molar-refractivity contribution in [3.05, 3.63) is 35.9 Å². The van der Waals surface area contributed by atoms with E-state index < -0.39 is 0 Å². The Kier molecular flexibility index (Phi) is 5.28. The molecular formula is C14H21N7. The maximum Gasteiger partial charge on any atom is 0.243 e. The van der Waals surface area contributed by atoms with E-state index in [2.05, 4.69) is 50.0 Å². The standard InChI is InChI=1S/C14H21N7/c1-21(2)14-18-12(17-13(19-14)20-15)16-10-6-9-11-7-4-3-5-8-11/h3-5,7-8H,6,9-10,15H2,1-2H3,(H2,16,17,18,19,20). The van der Waals surface area contributed by atoms with Crippen molar-refractivity contribution in [1.82, 2.24) is 15.0 Å². The van der Waals surface area contributed by atoms with Crippen LogP contribution in [0.15, 0.2) is 30.3 Å². The second-order valence-electron chi connectivity index (χ2n) is 4.84. The van der Waals surface area contributed by atoms with E-state index in [1.54, 1.807) is 4.90 Å². The van der Waals surface area contributed by atoms with E-state index in [1.165, 1.54) is 5.56 Å². The molecule has 0 bridgehead atoms. The highest BCUT2D eigenvalue weighted by Crippen LogP contribution is 2.10. The Morgan fingerprint density at radius 1 is 1.05 bits per heavy atom. The normalized spacial score (nSPS) is 10.2. The molecule has 0 atom stereocenters. The van der Waals surface area contributed by atoms with Crippen LogP contribution in [0.3, 0.4) is 0 Å². The maximum absolute atomic E-state index is 5.37. The van der Waals surface area contributed by atoms with Crippen LogP contribution in [0, 0.1) is 0 Å². The van der Waals surface area contributed by atoms with Gasteiger partial charge in [0.15, 0.2) is 0 Å². The van der Waals surface area contributed by atoms with Crippen molar-refractivity contribution in [2.45, 2.75) is 12.8 Å². The van der Waals surface area contributed by atoms with E-state index in [0.29, 0.717) is 17.8 Å². The van der Waals surface area contributed by atoms with Crippen molar-refractivity contribution in [3.8, 4) is 0 Å². The van der Waals surface area contributed by atoms with Crippen LogP contribution in [0.4, 0.5) is 17.8 Å². The molecule has 2 aromatic rings. The summed E-state index contributed by atoms with van der Waals surface area (Å²) in [6, 6.07) is 10.4. The van der Waals surface area contributed by atoms with E-state index in [9.17, 15) is 0 Å². The average Bonchev–Trinajstić information content (AvgIpc) is 2.52. The number of hydrogen-bond acceptors (Lipinski definition) is 7. The van der Waals surface area contributed by atoms with Crippen molar-refractivity contribution in [2.75, 3.05) is 36.3 Å². The molecule has 21 heavy (non-hydrogen) atoms. The van der Waals surface area contributed by atoms with Crippen LogP contribution >= 0.6 is 0 Å². The largest absolute Gasteiger partial charge is 0.354 e. The van der Waals surface area contributed by atoms with Crippen LogP contribution in [-0.4, -0.2) is 35.6 Å². The minimum Gasteiger partial charge on any atom is -0.354 e. The Balaban J connectivity index is 1.89. The summed E-state index contributed by atoms with van der Waals surface area (Å²) >= 11 is 0. The Morgan fingerprint density at radius 3 is 2.43 bits per heavy atom. The summed E-state index contributed by atoms with van der Waals surface area (Å²) in [6.45, 7) is 0.787. The molecule has 7 heteroatoms. The van der Waals surface area contributed by atoms with Gasteiger partial charge in [0, 0.05) is 20.6 Å². The summed E-state index contributed by atoms with van der Waals surface area (Å²) in [7, 11) is 3.74. The van der Waals surface area contributed by atoms with Crippen molar-refractivity contribution >= 4 is 17.8 Å². The van der Waals surface area contributed by atoms with E-state index in [-0.39, 0.29) is 0 Å². The van der Waals surface area contributed by atoms with Crippen molar-refractivity contribution in [2.24, 2.45) is 5.84 Å². The first-order valence-corrected chi connectivity index (χ1v) is 6.87. The molecule has 0 unspecified atom stereocenters. The van der Waals surface area contributed by atoms with Gasteiger partial charge >= 0.3 is 0 Å². The molecule has 4 N–H and O–H groups in total. The smallest absolute Gasteiger partial charge is 0.243 e. The van der Waals surface area contributed by atoms with Gasteiger partial charge < -0.3 is 10.2 Å². The molecular weight excluding hydrogens is 266 g/mol. The fraction of sp³-hybridized carbons (Fsp3) is 0.357. The molecule has 0 aliphatic rings. The zero-order valence-corrected chi connectivity index (χ0v) is 12.4. The molecule has 0 saturated carbocycles. The van der Waals surface area contributed by atoms with Gasteiger partial charge in [0.05, 0.1) is 0 Å². The third-order valence-electron chi connectivity index (χ3n) is 2.92. The lowest BCUT2D eigenvalue weighted by atomic mass is 10.1. The Morgan fingerprint density at radius 2 is 1.76 bits per heavy atom. The zero-order chi connectivity index (χ0) is 15.1. The van der Waals surface area contributed by atoms with E-state index in [0.717, 1.165) is 19.4 Å². The number of nitrogen functional groups attached to an aromatic ring is 1. The number of aromatic nitrogens is 3. The van der Waals surface area contributed by atoms with Gasteiger partial charge in [-0.25, -0.2) is 5.84 Å². The highest BCUT2D eigenvalue weighted by Gasteiger charge is 2.06. The molecule has 1 aromatic heterocycles. The van der Waals surface area contributed by atoms with Crippen LogP contribution in [0.2, 0.25) is 0 Å². The first kappa shape index (κ1) is 15.0. The number of hydrogen-bond donors (Lipinski definition) is 3. The number of anilines is 3. The zero-order valence-electron chi connectivity index (χ0n) is 12.4. The fourth-order valence-corrected chi connectivity index (χ4v) is 1.85. The van der Waals surface area contributed by atoms with Crippen molar-refractivity contribution < 1.29 is 0 Å². The summed E-state index contributed by atoms with van der Waals surface area (Å²) in [4.78, 5) is 14.5. The fourth-order valence-electron chi connectivity index (χ4n) is 1.85. The van der Waals surface area contributed by atoms with Gasteiger partial charge in [-0.05, 0) is 18.4 Å². The van der Waals surface area contributed by atoms with Crippen molar-refractivity contribution in [3.63, 3.8) is 0 Å². The number of nitrogens with zero attached hydrogens (tertiary/aromatic N) is 4. The highest BCUT2D eigenvalue weighted by molar-refractivity contribution is 5.42. The van der Waals surface area contributed by atoms with E-state index in [4.69, 9.17) is 5.84 Å². The van der Waals surface area contributed by atoms with Crippen LogP contribution < -0.4 is 21.5 Å². The molecule has 112 valence electrons. The molecule has 2 rings (SSSR count). The minimum absolute atomic E-state index is 0.347. The second-order valence-corrected chi connectivity index (χ2v) is 4.84. The van der Waals surface area contributed by atoms with E-state index >= 15 is 0 Å². The summed E-state index contributed by atoms with van der Waals surface area (Å²) < 4.78 is 0. The summed E-state index contributed by atoms with van der Waals surface area (Å²) in [5.74, 6) is 6.80. The Labute approximate surface area is 124 Å². The van der Waals surface area contributed by atoms with Crippen LogP contribution in [-0.2, 0) is 6.42 Å². The summed E-state index contributed by atoms with van der Waals surface area (Å²) in [5.41, 5.74) is 3.78. The number of nitrogens with one attached hydrogen (secondary N) is 2. The third-order valence-corrected chi connectivity index (χ3v) is 2.92. The van der Waals surface area contributed by atoms with Gasteiger partial charge in [0.2, 0.25) is 17.8 Å².